The Balaban J connectivity index is -0.000000256. The number of allylic oxidation sites excluding steroid dienone is 1. The highest BCUT2D eigenvalue weighted by molar-refractivity contribution is 9.09. The predicted octanol–water partition coefficient (Wildman–Crippen LogP) is 7.48. The first-order valence-corrected chi connectivity index (χ1v) is 26.8. The number of halogens is 1. The molecule has 5 heterocycles. The van der Waals surface area contributed by atoms with Crippen molar-refractivity contribution in [3.05, 3.63) is 12.7 Å². The summed E-state index contributed by atoms with van der Waals surface area (Å²) in [5.74, 6) is -1.25. The molecule has 458 valence electrons. The molecule has 0 saturated carbocycles. The molecular weight excluding hydrogens is 1070 g/mol. The van der Waals surface area contributed by atoms with Gasteiger partial charge in [-0.2, -0.15) is 0 Å². The van der Waals surface area contributed by atoms with Crippen molar-refractivity contribution in [3.63, 3.8) is 0 Å². The molecule has 5 fully saturated rings. The second-order valence-corrected chi connectivity index (χ2v) is 17.6. The third kappa shape index (κ3) is 43.8. The number of cyclic esters (lactones) is 2. The minimum atomic E-state index is -0.944. The fourth-order valence-corrected chi connectivity index (χ4v) is 6.34. The van der Waals surface area contributed by atoms with Crippen molar-refractivity contribution in [2.45, 2.75) is 233 Å². The Morgan fingerprint density at radius 3 is 1.14 bits per heavy atom. The van der Waals surface area contributed by atoms with Gasteiger partial charge in [-0.15, -0.1) is 6.58 Å². The van der Waals surface area contributed by atoms with Crippen molar-refractivity contribution in [2.24, 2.45) is 0 Å². The maximum absolute atomic E-state index is 11.0. The monoisotopic (exact) mass is 1170 g/mol. The molecule has 0 bridgehead atoms. The van der Waals surface area contributed by atoms with Crippen LogP contribution >= 0.6 is 15.9 Å². The van der Waals surface area contributed by atoms with E-state index in [0.29, 0.717) is 39.0 Å². The van der Waals surface area contributed by atoms with E-state index >= 15 is 0 Å². The van der Waals surface area contributed by atoms with Crippen LogP contribution in [0, 0.1) is 0 Å². The van der Waals surface area contributed by atoms with Crippen molar-refractivity contribution >= 4 is 33.8 Å². The van der Waals surface area contributed by atoms with Gasteiger partial charge >= 0.3 is 17.9 Å². The molecule has 0 aromatic rings. The van der Waals surface area contributed by atoms with Crippen molar-refractivity contribution in [1.82, 2.24) is 0 Å². The average molecular weight is 1180 g/mol. The zero-order valence-electron chi connectivity index (χ0n) is 46.9. The fourth-order valence-electron chi connectivity index (χ4n) is 6.15. The normalized spacial score (nSPS) is 26.6. The van der Waals surface area contributed by atoms with Crippen LogP contribution in [0.2, 0.25) is 0 Å². The molecule has 0 spiro atoms. The lowest BCUT2D eigenvalue weighted by Crippen LogP contribution is -2.44. The third-order valence-electron chi connectivity index (χ3n) is 10.1. The number of aliphatic hydroxyl groups is 4. The Labute approximate surface area is 465 Å². The Bertz CT molecular complexity index is 1240. The fraction of sp³-hybridized carbons (Fsp3) is 0.906. The first-order valence-electron chi connectivity index (χ1n) is 25.9. The predicted molar refractivity (Wildman–Crippen MR) is 291 cm³/mol. The molecule has 4 N–H and O–H groups in total. The largest absolute Gasteiger partial charge is 0.466 e. The van der Waals surface area contributed by atoms with Crippen molar-refractivity contribution in [2.75, 3.05) is 82.3 Å². The number of esters is 3. The lowest BCUT2D eigenvalue weighted by Gasteiger charge is -2.32. The van der Waals surface area contributed by atoms with Crippen molar-refractivity contribution in [3.8, 4) is 0 Å². The number of ether oxygens (including phenoxy) is 15. The summed E-state index contributed by atoms with van der Waals surface area (Å²) in [4.78, 5) is 32.4. The molecule has 5 rings (SSSR count). The highest BCUT2D eigenvalue weighted by Gasteiger charge is 2.33. The van der Waals surface area contributed by atoms with Gasteiger partial charge in [-0.1, -0.05) is 114 Å². The molecule has 13 atom stereocenters. The number of hydrogen-bond donors (Lipinski definition) is 4. The maximum atomic E-state index is 11.0. The number of carbonyl (C=O) groups excluding carboxylic acids is 3. The van der Waals surface area contributed by atoms with E-state index in [0.717, 1.165) is 70.8 Å². The van der Waals surface area contributed by atoms with Crippen molar-refractivity contribution < 1.29 is 106 Å². The molecule has 0 aromatic heterocycles. The van der Waals surface area contributed by atoms with Gasteiger partial charge in [0.25, 0.3) is 12.6 Å². The number of aliphatic hydroxyl groups excluding tert-OH is 4. The topological polar surface area (TPSA) is 274 Å². The van der Waals surface area contributed by atoms with Crippen LogP contribution in [0.4, 0.5) is 0 Å². The summed E-state index contributed by atoms with van der Waals surface area (Å²) in [5, 5.41) is 34.8. The molecule has 76 heavy (non-hydrogen) atoms. The van der Waals surface area contributed by atoms with Crippen LogP contribution in [-0.2, 0) is 85.4 Å². The minimum Gasteiger partial charge on any atom is -0.466 e. The summed E-state index contributed by atoms with van der Waals surface area (Å²) in [6, 6.07) is 0. The summed E-state index contributed by atoms with van der Waals surface area (Å²) >= 11 is 2.91. The van der Waals surface area contributed by atoms with Crippen LogP contribution in [0.5, 0.6) is 0 Å². The minimum absolute atomic E-state index is 0. The Hall–Kier alpha value is -2.01. The van der Waals surface area contributed by atoms with Gasteiger partial charge in [-0.25, -0.2) is 14.4 Å². The van der Waals surface area contributed by atoms with Crippen LogP contribution in [0.1, 0.15) is 153 Å². The molecule has 0 radical (unpaired) electrons. The smallest absolute Gasteiger partial charge is 0.363 e. The summed E-state index contributed by atoms with van der Waals surface area (Å²) in [7, 11) is 8.53. The highest BCUT2D eigenvalue weighted by Crippen LogP contribution is 2.19. The van der Waals surface area contributed by atoms with Crippen LogP contribution in [0.3, 0.4) is 0 Å². The Morgan fingerprint density at radius 1 is 0.592 bits per heavy atom. The van der Waals surface area contributed by atoms with E-state index in [1.165, 1.54) is 61.9 Å². The molecule has 5 aliphatic rings. The third-order valence-corrected chi connectivity index (χ3v) is 10.9. The molecule has 0 amide bonds. The second kappa shape index (κ2) is 56.3. The molecule has 4 unspecified atom stereocenters. The second-order valence-electron chi connectivity index (χ2n) is 16.8. The number of alkyl halides is 1. The van der Waals surface area contributed by atoms with Crippen LogP contribution < -0.4 is 0 Å². The summed E-state index contributed by atoms with van der Waals surface area (Å²) in [6.45, 7) is 20.9. The highest BCUT2D eigenvalue weighted by atomic mass is 79.9. The van der Waals surface area contributed by atoms with Gasteiger partial charge in [0, 0.05) is 35.5 Å². The van der Waals surface area contributed by atoms with E-state index in [2.05, 4.69) is 59.7 Å². The number of unbranched alkanes of at least 4 members (excludes halogenated alkanes) is 1. The summed E-state index contributed by atoms with van der Waals surface area (Å²) in [6.07, 6.45) is 11.2. The van der Waals surface area contributed by atoms with Gasteiger partial charge in [-0.3, -0.25) is 0 Å². The Kier molecular flexibility index (Phi) is 61.3. The number of epoxide rings is 1. The van der Waals surface area contributed by atoms with Gasteiger partial charge in [0.15, 0.2) is 0 Å². The van der Waals surface area contributed by atoms with E-state index in [4.69, 9.17) is 71.8 Å². The first kappa shape index (κ1) is 82.8. The van der Waals surface area contributed by atoms with Crippen molar-refractivity contribution in [1.29, 1.82) is 0 Å². The quantitative estimate of drug-likeness (QED) is 0.0285. The number of hydrogen-bond acceptors (Lipinski definition) is 22. The molecule has 23 heteroatoms. The molecule has 22 nitrogen and oxygen atoms in total. The van der Waals surface area contributed by atoms with Gasteiger partial charge in [-0.05, 0) is 60.9 Å². The molecular formula is C53H107BrO22. The SMILES string of the molecule is C.C.C=CCCC.CCCC1CO1.CCC[C@H](O)CO.CCC[C@H]1CO[C@@H](OC)C(=O)O1.CCC[C@H]1CO[C@@H](OC)C(O)O1.CCC[C@H]1CO[C@H](OC)C(=O)O1.CCC[C@H]1CO[C@H](OC)C(O)O1.COC(=O)C(Br)OC. The standard InChI is InChI=1S/2C8H16O4.2C8H14O4.C5H12O2.C5H10O.C5H10.C4H7BrO3.2CH4/c4*1-3-4-6-5-11-8(10-2)7(9)12-6;1-2-3-5(7)4-6;1-2-3-5-4-6-5;1-3-5-4-2;1-7-3(5)4(6)8-2;;/h2*6-9H,3-5H2,1-2H3;2*6,8H,3-5H2,1-2H3;5-7H,2-4H2,1H3;5H,2-4H2,1H3;3H,1,4-5H2,2H3;3H,1-2H3;2*1H4/t6-,7?,8+;6-,7?,8-;6-,8+;6-,8-;5-;;;;;/m00000...../s1. The van der Waals surface area contributed by atoms with Gasteiger partial charge in [0.1, 0.15) is 12.2 Å². The number of carbonyl (C=O) groups is 3. The average Bonchev–Trinajstić information content (AvgIpc) is 4.23. The number of methoxy groups -OCH3 is 6. The van der Waals surface area contributed by atoms with Crippen LogP contribution in [0.15, 0.2) is 12.7 Å². The lowest BCUT2D eigenvalue weighted by atomic mass is 10.2. The van der Waals surface area contributed by atoms with E-state index in [9.17, 15) is 24.6 Å². The zero-order chi connectivity index (χ0) is 56.7. The zero-order valence-corrected chi connectivity index (χ0v) is 48.5. The maximum Gasteiger partial charge on any atom is 0.363 e. The van der Waals surface area contributed by atoms with E-state index < -0.39 is 66.8 Å². The molecule has 5 saturated heterocycles. The van der Waals surface area contributed by atoms with Gasteiger partial charge in [0.2, 0.25) is 30.2 Å². The number of rotatable bonds is 21. The first-order chi connectivity index (χ1) is 35.5. The van der Waals surface area contributed by atoms with E-state index in [-0.39, 0.29) is 45.9 Å². The lowest BCUT2D eigenvalue weighted by molar-refractivity contribution is -0.322. The van der Waals surface area contributed by atoms with Gasteiger partial charge in [0.05, 0.1) is 71.2 Å². The van der Waals surface area contributed by atoms with Crippen LogP contribution in [0.25, 0.3) is 0 Å². The van der Waals surface area contributed by atoms with E-state index in [1.807, 2.05) is 26.8 Å². The summed E-state index contributed by atoms with van der Waals surface area (Å²) in [5.41, 5.74) is 0. The summed E-state index contributed by atoms with van der Waals surface area (Å²) < 4.78 is 74.1. The Morgan fingerprint density at radius 2 is 0.947 bits per heavy atom. The molecule has 5 aliphatic heterocycles. The van der Waals surface area contributed by atoms with Gasteiger partial charge < -0.3 is 91.5 Å². The van der Waals surface area contributed by atoms with Crippen LogP contribution in [-0.4, -0.2) is 200 Å². The molecule has 0 aromatic carbocycles. The molecule has 0 aliphatic carbocycles. The van der Waals surface area contributed by atoms with E-state index in [1.54, 1.807) is 0 Å².